The van der Waals surface area contributed by atoms with E-state index in [1.54, 1.807) is 6.92 Å². The number of aromatic carboxylic acids is 1. The molecule has 1 N–H and O–H groups in total. The highest BCUT2D eigenvalue weighted by Gasteiger charge is 2.27. The van der Waals surface area contributed by atoms with Crippen molar-refractivity contribution in [1.82, 2.24) is 4.31 Å². The lowest BCUT2D eigenvalue weighted by Crippen LogP contribution is -2.34. The molecule has 1 fully saturated rings. The molecule has 116 valence electrons. The predicted octanol–water partition coefficient (Wildman–Crippen LogP) is 1.49. The van der Waals surface area contributed by atoms with Gasteiger partial charge in [-0.05, 0) is 37.5 Å². The highest BCUT2D eigenvalue weighted by molar-refractivity contribution is 7.89. The first-order valence-corrected chi connectivity index (χ1v) is 8.18. The Morgan fingerprint density at radius 3 is 2.76 bits per heavy atom. The van der Waals surface area contributed by atoms with Gasteiger partial charge in [0.2, 0.25) is 10.0 Å². The summed E-state index contributed by atoms with van der Waals surface area (Å²) in [6.07, 6.45) is 1.69. The SMILES string of the molecule is Cc1ccc(S(=O)(=O)N(C)CC2CCCO2)cc1C(=O)O. The third-order valence-corrected chi connectivity index (χ3v) is 5.45. The normalized spacial score (nSPS) is 19.1. The van der Waals surface area contributed by atoms with Crippen molar-refractivity contribution in [2.24, 2.45) is 0 Å². The summed E-state index contributed by atoms with van der Waals surface area (Å²) in [5.74, 6) is -1.13. The minimum absolute atomic E-state index is 0.00147. The number of nitrogens with zero attached hydrogens (tertiary/aromatic N) is 1. The number of hydrogen-bond donors (Lipinski definition) is 1. The number of aryl methyl sites for hydroxylation is 1. The van der Waals surface area contributed by atoms with Crippen LogP contribution in [0.4, 0.5) is 0 Å². The highest BCUT2D eigenvalue weighted by Crippen LogP contribution is 2.21. The summed E-state index contributed by atoms with van der Waals surface area (Å²) in [5.41, 5.74) is 0.532. The monoisotopic (exact) mass is 313 g/mol. The number of ether oxygens (including phenoxy) is 1. The summed E-state index contributed by atoms with van der Waals surface area (Å²) in [6, 6.07) is 4.15. The second-order valence-corrected chi connectivity index (χ2v) is 7.25. The highest BCUT2D eigenvalue weighted by atomic mass is 32.2. The molecule has 0 aromatic heterocycles. The van der Waals surface area contributed by atoms with Crippen molar-refractivity contribution in [2.75, 3.05) is 20.2 Å². The van der Waals surface area contributed by atoms with E-state index >= 15 is 0 Å². The summed E-state index contributed by atoms with van der Waals surface area (Å²) in [5, 5.41) is 9.10. The van der Waals surface area contributed by atoms with Crippen LogP contribution in [-0.4, -0.2) is 50.1 Å². The standard InChI is InChI=1S/C14H19NO5S/c1-10-5-6-12(8-13(10)14(16)17)21(18,19)15(2)9-11-4-3-7-20-11/h5-6,8,11H,3-4,7,9H2,1-2H3,(H,16,17). The molecule has 1 unspecified atom stereocenters. The Bertz CT molecular complexity index is 635. The Balaban J connectivity index is 2.26. The lowest BCUT2D eigenvalue weighted by atomic mass is 10.1. The Morgan fingerprint density at radius 1 is 1.48 bits per heavy atom. The van der Waals surface area contributed by atoms with Gasteiger partial charge in [0.05, 0.1) is 16.6 Å². The van der Waals surface area contributed by atoms with Crippen LogP contribution in [0.25, 0.3) is 0 Å². The van der Waals surface area contributed by atoms with Gasteiger partial charge in [0.1, 0.15) is 0 Å². The van der Waals surface area contributed by atoms with Crippen molar-refractivity contribution in [3.05, 3.63) is 29.3 Å². The van der Waals surface area contributed by atoms with Crippen molar-refractivity contribution in [1.29, 1.82) is 0 Å². The van der Waals surface area contributed by atoms with Gasteiger partial charge in [-0.15, -0.1) is 0 Å². The summed E-state index contributed by atoms with van der Waals surface area (Å²) in [6.45, 7) is 2.57. The van der Waals surface area contributed by atoms with Gasteiger partial charge in [-0.1, -0.05) is 6.07 Å². The van der Waals surface area contributed by atoms with E-state index in [0.29, 0.717) is 12.2 Å². The van der Waals surface area contributed by atoms with Crippen molar-refractivity contribution >= 4 is 16.0 Å². The maximum atomic E-state index is 12.5. The fourth-order valence-corrected chi connectivity index (χ4v) is 3.57. The number of sulfonamides is 1. The number of hydrogen-bond acceptors (Lipinski definition) is 4. The minimum Gasteiger partial charge on any atom is -0.478 e. The van der Waals surface area contributed by atoms with Crippen LogP contribution in [0.2, 0.25) is 0 Å². The van der Waals surface area contributed by atoms with Gasteiger partial charge in [0.25, 0.3) is 0 Å². The zero-order valence-electron chi connectivity index (χ0n) is 12.1. The number of likely N-dealkylation sites (N-methyl/N-ethyl adjacent to an activating group) is 1. The number of carbonyl (C=O) groups is 1. The fraction of sp³-hybridized carbons (Fsp3) is 0.500. The molecule has 21 heavy (non-hydrogen) atoms. The lowest BCUT2D eigenvalue weighted by Gasteiger charge is -2.20. The fourth-order valence-electron chi connectivity index (χ4n) is 2.35. The minimum atomic E-state index is -3.71. The summed E-state index contributed by atoms with van der Waals surface area (Å²) < 4.78 is 31.6. The number of carboxylic acids is 1. The van der Waals surface area contributed by atoms with Crippen molar-refractivity contribution in [2.45, 2.75) is 30.8 Å². The molecule has 1 heterocycles. The molecule has 1 aliphatic rings. The molecule has 6 nitrogen and oxygen atoms in total. The van der Waals surface area contributed by atoms with Crippen LogP contribution in [0.15, 0.2) is 23.1 Å². The van der Waals surface area contributed by atoms with Gasteiger partial charge < -0.3 is 9.84 Å². The summed E-state index contributed by atoms with van der Waals surface area (Å²) in [7, 11) is -2.23. The van der Waals surface area contributed by atoms with Crippen molar-refractivity contribution < 1.29 is 23.1 Å². The zero-order chi connectivity index (χ0) is 15.6. The van der Waals surface area contributed by atoms with Crippen LogP contribution in [0.3, 0.4) is 0 Å². The van der Waals surface area contributed by atoms with E-state index in [9.17, 15) is 13.2 Å². The largest absolute Gasteiger partial charge is 0.478 e. The maximum absolute atomic E-state index is 12.5. The molecule has 0 spiro atoms. The van der Waals surface area contributed by atoms with Crippen LogP contribution in [-0.2, 0) is 14.8 Å². The lowest BCUT2D eigenvalue weighted by molar-refractivity contribution is 0.0695. The Labute approximate surface area is 124 Å². The molecule has 0 bridgehead atoms. The molecule has 1 atom stereocenters. The first-order valence-electron chi connectivity index (χ1n) is 6.74. The third-order valence-electron chi connectivity index (χ3n) is 3.63. The second-order valence-electron chi connectivity index (χ2n) is 5.20. The Kier molecular flexibility index (Phi) is 4.65. The molecule has 0 amide bonds. The number of rotatable bonds is 5. The molecule has 0 radical (unpaired) electrons. The molecular formula is C14H19NO5S. The van der Waals surface area contributed by atoms with Crippen LogP contribution in [0, 0.1) is 6.92 Å². The van der Waals surface area contributed by atoms with Gasteiger partial charge in [0, 0.05) is 20.2 Å². The average Bonchev–Trinajstić information content (AvgIpc) is 2.91. The quantitative estimate of drug-likeness (QED) is 0.890. The topological polar surface area (TPSA) is 83.9 Å². The predicted molar refractivity (Wildman–Crippen MR) is 76.9 cm³/mol. The van der Waals surface area contributed by atoms with Crippen LogP contribution in [0.5, 0.6) is 0 Å². The van der Waals surface area contributed by atoms with Gasteiger partial charge in [-0.2, -0.15) is 4.31 Å². The van der Waals surface area contributed by atoms with Crippen molar-refractivity contribution in [3.8, 4) is 0 Å². The average molecular weight is 313 g/mol. The van der Waals surface area contributed by atoms with E-state index in [2.05, 4.69) is 0 Å². The van der Waals surface area contributed by atoms with E-state index in [-0.39, 0.29) is 23.1 Å². The first-order chi connectivity index (χ1) is 9.82. The molecule has 0 saturated carbocycles. The van der Waals surface area contributed by atoms with Gasteiger partial charge in [-0.3, -0.25) is 0 Å². The molecule has 0 aliphatic carbocycles. The summed E-state index contributed by atoms with van der Waals surface area (Å²) in [4.78, 5) is 11.1. The van der Waals surface area contributed by atoms with Gasteiger partial charge in [-0.25, -0.2) is 13.2 Å². The maximum Gasteiger partial charge on any atom is 0.335 e. The molecular weight excluding hydrogens is 294 g/mol. The Morgan fingerprint density at radius 2 is 2.19 bits per heavy atom. The number of benzene rings is 1. The van der Waals surface area contributed by atoms with Crippen LogP contribution in [0.1, 0.15) is 28.8 Å². The van der Waals surface area contributed by atoms with Crippen LogP contribution < -0.4 is 0 Å². The molecule has 7 heteroatoms. The number of carboxylic acid groups (broad SMARTS) is 1. The van der Waals surface area contributed by atoms with Gasteiger partial charge >= 0.3 is 5.97 Å². The molecule has 1 aliphatic heterocycles. The van der Waals surface area contributed by atoms with E-state index in [1.165, 1.54) is 29.6 Å². The first kappa shape index (κ1) is 15.9. The van der Waals surface area contributed by atoms with E-state index in [0.717, 1.165) is 12.8 Å². The van der Waals surface area contributed by atoms with E-state index in [4.69, 9.17) is 9.84 Å². The molecule has 1 aromatic carbocycles. The summed E-state index contributed by atoms with van der Waals surface area (Å²) >= 11 is 0. The molecule has 2 rings (SSSR count). The van der Waals surface area contributed by atoms with E-state index in [1.807, 2.05) is 0 Å². The van der Waals surface area contributed by atoms with Crippen molar-refractivity contribution in [3.63, 3.8) is 0 Å². The Hall–Kier alpha value is -1.44. The zero-order valence-corrected chi connectivity index (χ0v) is 12.9. The van der Waals surface area contributed by atoms with Gasteiger partial charge in [0.15, 0.2) is 0 Å². The smallest absolute Gasteiger partial charge is 0.335 e. The second kappa shape index (κ2) is 6.13. The van der Waals surface area contributed by atoms with Crippen LogP contribution >= 0.6 is 0 Å². The van der Waals surface area contributed by atoms with E-state index < -0.39 is 16.0 Å². The molecule has 1 aromatic rings. The third kappa shape index (κ3) is 3.42. The molecule has 1 saturated heterocycles.